The van der Waals surface area contributed by atoms with Crippen LogP contribution in [0.4, 0.5) is 4.39 Å². The highest BCUT2D eigenvalue weighted by Gasteiger charge is 2.13. The van der Waals surface area contributed by atoms with Gasteiger partial charge >= 0.3 is 0 Å². The van der Waals surface area contributed by atoms with Gasteiger partial charge < -0.3 is 0 Å². The van der Waals surface area contributed by atoms with Crippen LogP contribution in [-0.4, -0.2) is 19.7 Å². The molecule has 0 saturated heterocycles. The van der Waals surface area contributed by atoms with Crippen molar-refractivity contribution in [2.24, 2.45) is 0 Å². The predicted octanol–water partition coefficient (Wildman–Crippen LogP) is 6.74. The fourth-order valence-corrected chi connectivity index (χ4v) is 4.26. The number of fused-ring (bicyclic) bond motifs is 1. The molecule has 5 heteroatoms. The molecule has 0 atom stereocenters. The van der Waals surface area contributed by atoms with Crippen LogP contribution in [0.15, 0.2) is 77.8 Å². The van der Waals surface area contributed by atoms with E-state index in [1.165, 1.54) is 12.3 Å². The number of halogens is 1. The standard InChI is InChI=1S/C27H24FNO2S/c1-18(2)22-16-21-5-4-14-29-27(21)25(17-22)24-15-20(10-13-26(24)28)7-6-19-8-11-23(12-9-19)32(3,30)31/h4-18H,1-3H3. The Kier molecular flexibility index (Phi) is 5.94. The van der Waals surface area contributed by atoms with E-state index in [1.54, 1.807) is 36.5 Å². The summed E-state index contributed by atoms with van der Waals surface area (Å²) >= 11 is 0. The van der Waals surface area contributed by atoms with Gasteiger partial charge in [-0.3, -0.25) is 4.98 Å². The molecular formula is C27H24FNO2S. The Morgan fingerprint density at radius 2 is 1.56 bits per heavy atom. The monoisotopic (exact) mass is 445 g/mol. The van der Waals surface area contributed by atoms with E-state index in [1.807, 2.05) is 36.4 Å². The van der Waals surface area contributed by atoms with Crippen LogP contribution in [0.3, 0.4) is 0 Å². The molecule has 0 N–H and O–H groups in total. The Balaban J connectivity index is 1.75. The molecule has 0 saturated carbocycles. The van der Waals surface area contributed by atoms with Crippen molar-refractivity contribution in [3.63, 3.8) is 0 Å². The lowest BCUT2D eigenvalue weighted by atomic mass is 9.93. The topological polar surface area (TPSA) is 47.0 Å². The molecule has 4 aromatic rings. The van der Waals surface area contributed by atoms with Gasteiger partial charge in [-0.2, -0.15) is 0 Å². The molecular weight excluding hydrogens is 421 g/mol. The maximum Gasteiger partial charge on any atom is 0.175 e. The summed E-state index contributed by atoms with van der Waals surface area (Å²) in [6, 6.07) is 19.7. The number of nitrogens with zero attached hydrogens (tertiary/aromatic N) is 1. The highest BCUT2D eigenvalue weighted by atomic mass is 32.2. The van der Waals surface area contributed by atoms with Crippen LogP contribution in [0, 0.1) is 5.82 Å². The normalized spacial score (nSPS) is 12.2. The van der Waals surface area contributed by atoms with Crippen LogP contribution in [-0.2, 0) is 9.84 Å². The summed E-state index contributed by atoms with van der Waals surface area (Å²) in [4.78, 5) is 4.80. The number of pyridine rings is 1. The molecule has 3 aromatic carbocycles. The van der Waals surface area contributed by atoms with Crippen molar-refractivity contribution >= 4 is 32.9 Å². The molecule has 0 amide bonds. The van der Waals surface area contributed by atoms with Crippen molar-refractivity contribution in [2.75, 3.05) is 6.26 Å². The first-order chi connectivity index (χ1) is 15.2. The Morgan fingerprint density at radius 1 is 0.875 bits per heavy atom. The molecule has 0 aliphatic heterocycles. The first-order valence-electron chi connectivity index (χ1n) is 10.4. The average Bonchev–Trinajstić information content (AvgIpc) is 2.77. The van der Waals surface area contributed by atoms with Crippen molar-refractivity contribution in [3.8, 4) is 11.1 Å². The third-order valence-electron chi connectivity index (χ3n) is 5.45. The predicted molar refractivity (Wildman–Crippen MR) is 130 cm³/mol. The highest BCUT2D eigenvalue weighted by molar-refractivity contribution is 7.90. The molecule has 0 bridgehead atoms. The number of rotatable bonds is 5. The third-order valence-corrected chi connectivity index (χ3v) is 6.58. The molecule has 3 nitrogen and oxygen atoms in total. The molecule has 0 aliphatic carbocycles. The van der Waals surface area contributed by atoms with Crippen LogP contribution in [0.5, 0.6) is 0 Å². The van der Waals surface area contributed by atoms with Gasteiger partial charge in [-0.15, -0.1) is 0 Å². The van der Waals surface area contributed by atoms with Gasteiger partial charge in [-0.25, -0.2) is 12.8 Å². The summed E-state index contributed by atoms with van der Waals surface area (Å²) < 4.78 is 38.2. The molecule has 1 heterocycles. The Labute approximate surface area is 188 Å². The van der Waals surface area contributed by atoms with Crippen LogP contribution < -0.4 is 0 Å². The summed E-state index contributed by atoms with van der Waals surface area (Å²) in [5.74, 6) is 0.00640. The highest BCUT2D eigenvalue weighted by Crippen LogP contribution is 2.33. The van der Waals surface area contributed by atoms with Crippen LogP contribution >= 0.6 is 0 Å². The summed E-state index contributed by atoms with van der Waals surface area (Å²) in [6.45, 7) is 4.23. The Hall–Kier alpha value is -3.31. The minimum absolute atomic E-state index is 0.281. The molecule has 0 radical (unpaired) electrons. The van der Waals surface area contributed by atoms with E-state index < -0.39 is 9.84 Å². The van der Waals surface area contributed by atoms with Gasteiger partial charge in [0.05, 0.1) is 10.4 Å². The number of aromatic nitrogens is 1. The minimum atomic E-state index is -3.23. The molecule has 32 heavy (non-hydrogen) atoms. The summed E-state index contributed by atoms with van der Waals surface area (Å²) in [6.07, 6.45) is 6.68. The van der Waals surface area contributed by atoms with E-state index in [9.17, 15) is 12.8 Å². The van der Waals surface area contributed by atoms with Gasteiger partial charge in [0.1, 0.15) is 5.82 Å². The van der Waals surface area contributed by atoms with Crippen molar-refractivity contribution in [1.82, 2.24) is 4.98 Å². The number of benzene rings is 3. The number of hydrogen-bond donors (Lipinski definition) is 0. The first-order valence-corrected chi connectivity index (χ1v) is 12.3. The molecule has 0 aliphatic rings. The second-order valence-electron chi connectivity index (χ2n) is 8.21. The van der Waals surface area contributed by atoms with Crippen molar-refractivity contribution in [3.05, 3.63) is 95.4 Å². The van der Waals surface area contributed by atoms with Gasteiger partial charge in [-0.05, 0) is 65.1 Å². The first kappa shape index (κ1) is 21.9. The Morgan fingerprint density at radius 3 is 2.25 bits per heavy atom. The third kappa shape index (κ3) is 4.63. The van der Waals surface area contributed by atoms with E-state index in [2.05, 4.69) is 24.9 Å². The lowest BCUT2D eigenvalue weighted by Gasteiger charge is -2.13. The lowest BCUT2D eigenvalue weighted by molar-refractivity contribution is 0.602. The Bertz CT molecular complexity index is 1420. The number of hydrogen-bond acceptors (Lipinski definition) is 3. The minimum Gasteiger partial charge on any atom is -0.256 e. The van der Waals surface area contributed by atoms with E-state index in [0.29, 0.717) is 11.5 Å². The molecule has 4 rings (SSSR count). The van der Waals surface area contributed by atoms with Crippen molar-refractivity contribution < 1.29 is 12.8 Å². The number of sulfone groups is 1. The van der Waals surface area contributed by atoms with Crippen molar-refractivity contribution in [1.29, 1.82) is 0 Å². The van der Waals surface area contributed by atoms with Gasteiger partial charge in [0.15, 0.2) is 9.84 Å². The van der Waals surface area contributed by atoms with Crippen LogP contribution in [0.1, 0.15) is 36.5 Å². The summed E-state index contributed by atoms with van der Waals surface area (Å²) in [7, 11) is -3.23. The largest absolute Gasteiger partial charge is 0.256 e. The molecule has 1 aromatic heterocycles. The zero-order valence-corrected chi connectivity index (χ0v) is 19.0. The summed E-state index contributed by atoms with van der Waals surface area (Å²) in [5.41, 5.74) is 4.88. The van der Waals surface area contributed by atoms with Gasteiger partial charge in [0.25, 0.3) is 0 Å². The summed E-state index contributed by atoms with van der Waals surface area (Å²) in [5, 5.41) is 0.986. The molecule has 0 spiro atoms. The SMILES string of the molecule is CC(C)c1cc(-c2cc(C=Cc3ccc(S(C)(=O)=O)cc3)ccc2F)c2ncccc2c1. The van der Waals surface area contributed by atoms with Crippen molar-refractivity contribution in [2.45, 2.75) is 24.7 Å². The fraction of sp³-hybridized carbons (Fsp3) is 0.148. The average molecular weight is 446 g/mol. The lowest BCUT2D eigenvalue weighted by Crippen LogP contribution is -1.96. The van der Waals surface area contributed by atoms with Gasteiger partial charge in [-0.1, -0.05) is 50.3 Å². The second-order valence-corrected chi connectivity index (χ2v) is 10.2. The maximum absolute atomic E-state index is 14.9. The second kappa shape index (κ2) is 8.67. The molecule has 162 valence electrons. The maximum atomic E-state index is 14.9. The van der Waals surface area contributed by atoms with Crippen LogP contribution in [0.25, 0.3) is 34.2 Å². The van der Waals surface area contributed by atoms with E-state index in [-0.39, 0.29) is 10.7 Å². The molecule has 0 fully saturated rings. The molecule has 0 unspecified atom stereocenters. The zero-order valence-electron chi connectivity index (χ0n) is 18.2. The smallest absolute Gasteiger partial charge is 0.175 e. The van der Waals surface area contributed by atoms with Crippen LogP contribution in [0.2, 0.25) is 0 Å². The van der Waals surface area contributed by atoms with E-state index >= 15 is 0 Å². The quantitative estimate of drug-likeness (QED) is 0.320. The van der Waals surface area contributed by atoms with E-state index in [0.717, 1.165) is 33.2 Å². The van der Waals surface area contributed by atoms with Gasteiger partial charge in [0, 0.05) is 29.0 Å². The van der Waals surface area contributed by atoms with Gasteiger partial charge in [0.2, 0.25) is 0 Å². The zero-order chi connectivity index (χ0) is 22.9. The fourth-order valence-electron chi connectivity index (χ4n) is 3.63. The van der Waals surface area contributed by atoms with E-state index in [4.69, 9.17) is 0 Å².